The first-order chi connectivity index (χ1) is 6.50. The molecule has 5 heteroatoms. The van der Waals surface area contributed by atoms with Crippen molar-refractivity contribution in [1.29, 1.82) is 0 Å². The summed E-state index contributed by atoms with van der Waals surface area (Å²) in [7, 11) is 0. The third-order valence-corrected chi connectivity index (χ3v) is 2.51. The molecule has 1 heterocycles. The maximum Gasteiger partial charge on any atom is 0.308 e. The molecule has 80 valence electrons. The van der Waals surface area contributed by atoms with Crippen LogP contribution in [-0.2, 0) is 9.59 Å². The van der Waals surface area contributed by atoms with Crippen molar-refractivity contribution in [3.8, 4) is 0 Å². The summed E-state index contributed by atoms with van der Waals surface area (Å²) in [6.45, 7) is 1.85. The van der Waals surface area contributed by atoms with Crippen molar-refractivity contribution in [2.75, 3.05) is 13.1 Å². The van der Waals surface area contributed by atoms with Gasteiger partial charge in [0.25, 0.3) is 0 Å². The monoisotopic (exact) mass is 201 g/mol. The molecule has 14 heavy (non-hydrogen) atoms. The average Bonchev–Trinajstić information content (AvgIpc) is 2.26. The molecule has 1 aliphatic heterocycles. The molecule has 0 aromatic heterocycles. The Morgan fingerprint density at radius 3 is 2.43 bits per heavy atom. The Morgan fingerprint density at radius 2 is 1.93 bits per heavy atom. The van der Waals surface area contributed by atoms with Crippen LogP contribution in [0.1, 0.15) is 19.8 Å². The van der Waals surface area contributed by atoms with E-state index in [-0.39, 0.29) is 19.0 Å². The zero-order chi connectivity index (χ0) is 10.7. The van der Waals surface area contributed by atoms with Crippen molar-refractivity contribution in [2.24, 2.45) is 5.92 Å². The van der Waals surface area contributed by atoms with Crippen molar-refractivity contribution in [1.82, 2.24) is 4.90 Å². The van der Waals surface area contributed by atoms with Gasteiger partial charge in [-0.25, -0.2) is 0 Å². The Hall–Kier alpha value is -1.10. The molecule has 2 atom stereocenters. The van der Waals surface area contributed by atoms with Gasteiger partial charge in [0.05, 0.1) is 12.0 Å². The molecule has 0 radical (unpaired) electrons. The quantitative estimate of drug-likeness (QED) is 0.610. The van der Waals surface area contributed by atoms with Gasteiger partial charge in [0, 0.05) is 20.0 Å². The second-order valence-corrected chi connectivity index (χ2v) is 3.69. The number of hydrogen-bond acceptors (Lipinski definition) is 3. The number of amides is 1. The van der Waals surface area contributed by atoms with E-state index in [1.807, 2.05) is 0 Å². The van der Waals surface area contributed by atoms with E-state index in [1.54, 1.807) is 0 Å². The number of carbonyl (C=O) groups excluding carboxylic acids is 1. The highest BCUT2D eigenvalue weighted by Gasteiger charge is 2.28. The number of carboxylic acid groups (broad SMARTS) is 1. The van der Waals surface area contributed by atoms with E-state index < -0.39 is 18.0 Å². The highest BCUT2D eigenvalue weighted by Crippen LogP contribution is 2.17. The van der Waals surface area contributed by atoms with Crippen LogP contribution in [-0.4, -0.2) is 46.2 Å². The topological polar surface area (TPSA) is 77.8 Å². The van der Waals surface area contributed by atoms with E-state index in [2.05, 4.69) is 0 Å². The Morgan fingerprint density at radius 1 is 1.29 bits per heavy atom. The Balaban J connectivity index is 2.68. The van der Waals surface area contributed by atoms with Crippen LogP contribution < -0.4 is 0 Å². The van der Waals surface area contributed by atoms with Crippen LogP contribution in [0.2, 0.25) is 0 Å². The second kappa shape index (κ2) is 4.41. The van der Waals surface area contributed by atoms with Gasteiger partial charge in [-0.3, -0.25) is 9.59 Å². The molecule has 2 N–H and O–H groups in total. The summed E-state index contributed by atoms with van der Waals surface area (Å²) in [6.07, 6.45) is 0.282. The van der Waals surface area contributed by atoms with Crippen molar-refractivity contribution >= 4 is 11.9 Å². The molecular formula is C9H15NO4. The fourth-order valence-electron chi connectivity index (χ4n) is 1.63. The number of rotatable bonds is 1. The van der Waals surface area contributed by atoms with E-state index >= 15 is 0 Å². The normalized spacial score (nSPS) is 28.3. The molecule has 0 aromatic carbocycles. The summed E-state index contributed by atoms with van der Waals surface area (Å²) < 4.78 is 0. The van der Waals surface area contributed by atoms with Gasteiger partial charge in [-0.15, -0.1) is 0 Å². The summed E-state index contributed by atoms with van der Waals surface area (Å²) in [4.78, 5) is 23.2. The lowest BCUT2D eigenvalue weighted by atomic mass is 10.0. The fourth-order valence-corrected chi connectivity index (χ4v) is 1.63. The van der Waals surface area contributed by atoms with Crippen LogP contribution >= 0.6 is 0 Å². The molecule has 0 aromatic rings. The number of hydrogen-bond donors (Lipinski definition) is 2. The molecule has 1 amide bonds. The van der Waals surface area contributed by atoms with Crippen LogP contribution in [0.5, 0.6) is 0 Å². The number of carbonyl (C=O) groups is 2. The molecule has 0 bridgehead atoms. The lowest BCUT2D eigenvalue weighted by Gasteiger charge is -2.21. The van der Waals surface area contributed by atoms with E-state index in [9.17, 15) is 14.7 Å². The van der Waals surface area contributed by atoms with E-state index in [0.29, 0.717) is 12.8 Å². The van der Waals surface area contributed by atoms with Crippen LogP contribution in [0, 0.1) is 5.92 Å². The van der Waals surface area contributed by atoms with E-state index in [1.165, 1.54) is 11.8 Å². The molecule has 1 fully saturated rings. The number of aliphatic carboxylic acids is 1. The number of β-amino-alcohol motifs (C(OH)–C–C–N with tert-alkyl or cyclic N) is 1. The molecular weight excluding hydrogens is 186 g/mol. The summed E-state index contributed by atoms with van der Waals surface area (Å²) >= 11 is 0. The van der Waals surface area contributed by atoms with E-state index in [4.69, 9.17) is 5.11 Å². The van der Waals surface area contributed by atoms with Gasteiger partial charge in [0.15, 0.2) is 0 Å². The fraction of sp³-hybridized carbons (Fsp3) is 0.778. The maximum absolute atomic E-state index is 11.1. The Kier molecular flexibility index (Phi) is 3.46. The second-order valence-electron chi connectivity index (χ2n) is 3.69. The highest BCUT2D eigenvalue weighted by molar-refractivity contribution is 5.75. The van der Waals surface area contributed by atoms with Crippen LogP contribution in [0.3, 0.4) is 0 Å². The molecule has 5 nitrogen and oxygen atoms in total. The van der Waals surface area contributed by atoms with Gasteiger partial charge < -0.3 is 15.1 Å². The van der Waals surface area contributed by atoms with Crippen LogP contribution in [0.15, 0.2) is 0 Å². The smallest absolute Gasteiger partial charge is 0.308 e. The third-order valence-electron chi connectivity index (χ3n) is 2.51. The van der Waals surface area contributed by atoms with Gasteiger partial charge in [-0.1, -0.05) is 0 Å². The minimum absolute atomic E-state index is 0.183. The van der Waals surface area contributed by atoms with Gasteiger partial charge in [0.2, 0.25) is 5.91 Å². The zero-order valence-corrected chi connectivity index (χ0v) is 8.14. The van der Waals surface area contributed by atoms with Crippen LogP contribution in [0.25, 0.3) is 0 Å². The number of carboxylic acids is 1. The van der Waals surface area contributed by atoms with Crippen molar-refractivity contribution in [3.05, 3.63) is 0 Å². The predicted molar refractivity (Wildman–Crippen MR) is 48.6 cm³/mol. The highest BCUT2D eigenvalue weighted by atomic mass is 16.4. The predicted octanol–water partition coefficient (Wildman–Crippen LogP) is -0.310. The third kappa shape index (κ3) is 2.70. The summed E-state index contributed by atoms with van der Waals surface area (Å²) in [6, 6.07) is 0. The molecule has 0 saturated carbocycles. The first kappa shape index (κ1) is 11.0. The molecule has 0 spiro atoms. The number of aliphatic hydroxyl groups is 1. The van der Waals surface area contributed by atoms with Crippen molar-refractivity contribution in [2.45, 2.75) is 25.9 Å². The maximum atomic E-state index is 11.1. The van der Waals surface area contributed by atoms with Gasteiger partial charge in [-0.05, 0) is 12.8 Å². The summed E-state index contributed by atoms with van der Waals surface area (Å²) in [5.41, 5.74) is 0. The molecule has 1 rings (SSSR count). The Labute approximate surface area is 82.3 Å². The van der Waals surface area contributed by atoms with Crippen molar-refractivity contribution < 1.29 is 19.8 Å². The van der Waals surface area contributed by atoms with E-state index in [0.717, 1.165) is 0 Å². The van der Waals surface area contributed by atoms with Gasteiger partial charge in [-0.2, -0.15) is 0 Å². The van der Waals surface area contributed by atoms with Gasteiger partial charge >= 0.3 is 5.97 Å². The molecule has 0 aliphatic carbocycles. The zero-order valence-electron chi connectivity index (χ0n) is 8.14. The number of nitrogens with zero attached hydrogens (tertiary/aromatic N) is 1. The largest absolute Gasteiger partial charge is 0.481 e. The average molecular weight is 201 g/mol. The van der Waals surface area contributed by atoms with Crippen molar-refractivity contribution in [3.63, 3.8) is 0 Å². The first-order valence-electron chi connectivity index (χ1n) is 4.67. The molecule has 1 aliphatic rings. The standard InChI is InChI=1S/C9H15NO4/c1-6(11)10-4-7(9(13)14)2-3-8(12)5-10/h7-8,12H,2-5H2,1H3,(H,13,14)/t7-,8+/m1/s1. The van der Waals surface area contributed by atoms with Crippen LogP contribution in [0.4, 0.5) is 0 Å². The summed E-state index contributed by atoms with van der Waals surface area (Å²) in [5, 5.41) is 18.3. The number of aliphatic hydroxyl groups excluding tert-OH is 1. The lowest BCUT2D eigenvalue weighted by molar-refractivity contribution is -0.143. The summed E-state index contributed by atoms with van der Waals surface area (Å²) in [5.74, 6) is -1.63. The SMILES string of the molecule is CC(=O)N1C[C@@H](O)CC[C@@H](C(=O)O)C1. The Bertz CT molecular complexity index is 241. The van der Waals surface area contributed by atoms with Gasteiger partial charge in [0.1, 0.15) is 0 Å². The molecule has 1 saturated heterocycles. The minimum Gasteiger partial charge on any atom is -0.481 e. The first-order valence-corrected chi connectivity index (χ1v) is 4.67. The molecule has 0 unspecified atom stereocenters. The number of likely N-dealkylation sites (tertiary alicyclic amines) is 1. The lowest BCUT2D eigenvalue weighted by Crippen LogP contribution is -2.37. The minimum atomic E-state index is -0.898.